The molecule has 0 aliphatic heterocycles. The van der Waals surface area contributed by atoms with Crippen LogP contribution in [0.5, 0.6) is 5.75 Å². The number of ether oxygens (including phenoxy) is 4. The van der Waals surface area contributed by atoms with E-state index in [0.29, 0.717) is 37.7 Å². The van der Waals surface area contributed by atoms with Crippen molar-refractivity contribution in [1.29, 1.82) is 0 Å². The molecule has 0 bridgehead atoms. The normalized spacial score (nSPS) is 31.1. The van der Waals surface area contributed by atoms with E-state index in [1.807, 2.05) is 6.92 Å². The number of hydrogen-bond acceptors (Lipinski definition) is 19. The molecule has 7 N–H and O–H groups in total. The van der Waals surface area contributed by atoms with Gasteiger partial charge in [0.1, 0.15) is 11.8 Å². The first kappa shape index (κ1) is 47.2. The summed E-state index contributed by atoms with van der Waals surface area (Å²) in [6.07, 6.45) is 4.27. The molecule has 9 atom stereocenters. The molecule has 0 radical (unpaired) electrons. The molecular weight excluding hydrogens is 814 g/mol. The van der Waals surface area contributed by atoms with Crippen LogP contribution in [0.15, 0.2) is 48.1 Å². The van der Waals surface area contributed by atoms with Crippen molar-refractivity contribution in [2.45, 2.75) is 101 Å². The number of carbonyl (C=O) groups excluding carboxylic acids is 5. The van der Waals surface area contributed by atoms with Crippen molar-refractivity contribution < 1.29 is 78.5 Å². The Morgan fingerprint density at radius 2 is 1.60 bits per heavy atom. The van der Waals surface area contributed by atoms with Gasteiger partial charge in [-0.05, 0) is 93.1 Å². The second-order valence-corrected chi connectivity index (χ2v) is 16.9. The predicted molar refractivity (Wildman–Crippen MR) is 204 cm³/mol. The molecule has 4 aliphatic carbocycles. The summed E-state index contributed by atoms with van der Waals surface area (Å²) in [6.45, 7) is 4.39. The lowest BCUT2D eigenvalue weighted by Gasteiger charge is -2.64. The SMILES string of the molecule is C[C@H]1CC2C3CCC4=CC(=O)C=C[C@]4(C)[C@@]3(Cl)[C@@H](O)C[C@]2(C)[C@@]1(OC(=O)CCCON(O)O)C(=O)COC(=O)Oc1ccc(C[C@H](N)C(=O)OCCCCON(O)O)cc1. The maximum atomic E-state index is 14.6. The van der Waals surface area contributed by atoms with Crippen LogP contribution in [0.1, 0.15) is 77.7 Å². The first-order valence-corrected chi connectivity index (χ1v) is 20.2. The zero-order valence-corrected chi connectivity index (χ0v) is 34.5. The third kappa shape index (κ3) is 9.61. The van der Waals surface area contributed by atoms with Crippen molar-refractivity contribution in [3.05, 3.63) is 53.6 Å². The highest BCUT2D eigenvalue weighted by Gasteiger charge is 2.76. The molecular formula is C40H54ClN3O16. The Morgan fingerprint density at radius 3 is 2.27 bits per heavy atom. The number of Topliss-reactive ketones (excluding diaryl/α,β-unsaturated/α-hetero) is 1. The summed E-state index contributed by atoms with van der Waals surface area (Å²) in [5.41, 5.74) is 3.45. The number of alkyl halides is 1. The topological polar surface area (TPSA) is 274 Å². The van der Waals surface area contributed by atoms with Gasteiger partial charge in [0, 0.05) is 23.2 Å². The Bertz CT molecular complexity index is 1810. The van der Waals surface area contributed by atoms with Gasteiger partial charge in [0.2, 0.25) is 5.78 Å². The molecule has 60 heavy (non-hydrogen) atoms. The highest BCUT2D eigenvalue weighted by Crippen LogP contribution is 2.72. The van der Waals surface area contributed by atoms with Crippen LogP contribution in [0.3, 0.4) is 0 Å². The van der Waals surface area contributed by atoms with Gasteiger partial charge in [-0.25, -0.2) is 4.79 Å². The average molecular weight is 868 g/mol. The molecule has 332 valence electrons. The molecule has 19 nitrogen and oxygen atoms in total. The highest BCUT2D eigenvalue weighted by atomic mass is 35.5. The molecule has 2 unspecified atom stereocenters. The highest BCUT2D eigenvalue weighted by molar-refractivity contribution is 6.26. The summed E-state index contributed by atoms with van der Waals surface area (Å²) in [6, 6.07) is 5.04. The van der Waals surface area contributed by atoms with Crippen LogP contribution >= 0.6 is 11.6 Å². The Hall–Kier alpha value is -3.86. The summed E-state index contributed by atoms with van der Waals surface area (Å²) in [5.74, 6) is -3.66. The van der Waals surface area contributed by atoms with Gasteiger partial charge in [-0.3, -0.25) is 49.7 Å². The first-order chi connectivity index (χ1) is 28.3. The van der Waals surface area contributed by atoms with Crippen molar-refractivity contribution in [3.8, 4) is 5.75 Å². The first-order valence-electron chi connectivity index (χ1n) is 19.8. The molecule has 0 spiro atoms. The molecule has 3 saturated carbocycles. The van der Waals surface area contributed by atoms with Crippen molar-refractivity contribution in [3.63, 3.8) is 0 Å². The quantitative estimate of drug-likeness (QED) is 0.0287. The third-order valence-electron chi connectivity index (χ3n) is 12.8. The summed E-state index contributed by atoms with van der Waals surface area (Å²) in [5, 5.41) is 46.0. The number of esters is 2. The minimum atomic E-state index is -1.90. The number of nitrogens with zero attached hydrogens (tertiary/aromatic N) is 2. The zero-order chi connectivity index (χ0) is 44.0. The number of hydrogen-bond donors (Lipinski definition) is 6. The molecule has 5 rings (SSSR count). The van der Waals surface area contributed by atoms with Crippen LogP contribution in [-0.4, -0.2) is 115 Å². The van der Waals surface area contributed by atoms with Gasteiger partial charge in [0.15, 0.2) is 18.0 Å². The molecule has 20 heteroatoms. The molecule has 0 heterocycles. The van der Waals surface area contributed by atoms with E-state index in [-0.39, 0.29) is 68.9 Å². The van der Waals surface area contributed by atoms with Crippen LogP contribution in [0, 0.1) is 28.6 Å². The molecule has 3 fully saturated rings. The maximum absolute atomic E-state index is 14.6. The number of ketones is 2. The number of halogens is 1. The van der Waals surface area contributed by atoms with Gasteiger partial charge in [0.25, 0.3) is 0 Å². The Labute approximate surface area is 351 Å². The number of aliphatic hydroxyl groups is 1. The number of nitrogens with two attached hydrogens (primary N) is 1. The lowest BCUT2D eigenvalue weighted by molar-refractivity contribution is -0.492. The summed E-state index contributed by atoms with van der Waals surface area (Å²) in [4.78, 5) is 73.5. The van der Waals surface area contributed by atoms with Gasteiger partial charge in [-0.15, -0.1) is 11.6 Å². The lowest BCUT2D eigenvalue weighted by Crippen LogP contribution is -2.69. The number of aliphatic hydroxyl groups excluding tert-OH is 1. The Kier molecular flexibility index (Phi) is 15.3. The van der Waals surface area contributed by atoms with Crippen LogP contribution in [0.2, 0.25) is 0 Å². The maximum Gasteiger partial charge on any atom is 0.514 e. The summed E-state index contributed by atoms with van der Waals surface area (Å²) in [7, 11) is 0. The average Bonchev–Trinajstić information content (AvgIpc) is 3.40. The second kappa shape index (κ2) is 19.5. The van der Waals surface area contributed by atoms with E-state index in [2.05, 4.69) is 9.68 Å². The summed E-state index contributed by atoms with van der Waals surface area (Å²) >= 11 is 7.59. The molecule has 0 amide bonds. The third-order valence-corrected chi connectivity index (χ3v) is 13.7. The van der Waals surface area contributed by atoms with E-state index in [1.54, 1.807) is 38.1 Å². The Balaban J connectivity index is 1.26. The number of rotatable bonds is 19. The molecule has 0 aromatic heterocycles. The van der Waals surface area contributed by atoms with Crippen LogP contribution < -0.4 is 10.5 Å². The van der Waals surface area contributed by atoms with E-state index < -0.39 is 80.6 Å². The number of carbonyl (C=O) groups is 5. The monoisotopic (exact) mass is 867 g/mol. The lowest BCUT2D eigenvalue weighted by atomic mass is 9.45. The number of benzene rings is 1. The second-order valence-electron chi connectivity index (χ2n) is 16.3. The van der Waals surface area contributed by atoms with Gasteiger partial charge in [-0.2, -0.15) is 0 Å². The van der Waals surface area contributed by atoms with Crippen LogP contribution in [0.25, 0.3) is 0 Å². The molecule has 1 aromatic carbocycles. The van der Waals surface area contributed by atoms with Crippen molar-refractivity contribution in [2.24, 2.45) is 34.3 Å². The largest absolute Gasteiger partial charge is 0.514 e. The molecule has 4 aliphatic rings. The van der Waals surface area contributed by atoms with E-state index in [1.165, 1.54) is 18.2 Å². The van der Waals surface area contributed by atoms with Crippen LogP contribution in [-0.2, 0) is 49.5 Å². The van der Waals surface area contributed by atoms with E-state index >= 15 is 0 Å². The fourth-order valence-electron chi connectivity index (χ4n) is 10.0. The Morgan fingerprint density at radius 1 is 0.950 bits per heavy atom. The fraction of sp³-hybridized carbons (Fsp3) is 0.625. The van der Waals surface area contributed by atoms with E-state index in [4.69, 9.17) is 57.1 Å². The zero-order valence-electron chi connectivity index (χ0n) is 33.7. The van der Waals surface area contributed by atoms with E-state index in [9.17, 15) is 29.1 Å². The number of unbranched alkanes of at least 4 members (excludes halogenated alkanes) is 1. The minimum absolute atomic E-state index is 0.00372. The fourth-order valence-corrected chi connectivity index (χ4v) is 10.5. The number of allylic oxidation sites excluding steroid dienone is 4. The van der Waals surface area contributed by atoms with Gasteiger partial charge in [0.05, 0.1) is 41.6 Å². The van der Waals surface area contributed by atoms with Crippen molar-refractivity contribution >= 4 is 41.3 Å². The van der Waals surface area contributed by atoms with Crippen molar-refractivity contribution in [1.82, 2.24) is 10.8 Å². The standard InChI is InChI=1S/C40H54ClN3O16/c1-24-19-30-29-13-10-26-21-27(45)14-15-37(26,2)39(29,41)32(46)22-38(30,3)40(24,60-34(48)7-6-18-58-44(53)54)33(47)23-56-36(50)59-28-11-8-25(9-12-28)20-31(42)35(49)55-16-4-5-17-57-43(51)52/h8-9,11-12,14-15,21,24,29-32,46,51-54H,4-7,10,13,16-20,22-23,42H2,1-3H3/t24-,29?,30?,31-,32-,37-,38-,39-,40-/m0/s1. The van der Waals surface area contributed by atoms with Gasteiger partial charge >= 0.3 is 18.1 Å². The van der Waals surface area contributed by atoms with Gasteiger partial charge in [-0.1, -0.05) is 44.6 Å². The van der Waals surface area contributed by atoms with Crippen molar-refractivity contribution in [2.75, 3.05) is 26.4 Å². The molecule has 0 saturated heterocycles. The smallest absolute Gasteiger partial charge is 0.465 e. The van der Waals surface area contributed by atoms with Gasteiger partial charge < -0.3 is 29.8 Å². The molecule has 1 aromatic rings. The minimum Gasteiger partial charge on any atom is -0.465 e. The van der Waals surface area contributed by atoms with E-state index in [0.717, 1.165) is 5.57 Å². The van der Waals surface area contributed by atoms with Crippen LogP contribution in [0.4, 0.5) is 4.79 Å². The number of fused-ring (bicyclic) bond motifs is 5. The predicted octanol–water partition coefficient (Wildman–Crippen LogP) is 3.94. The summed E-state index contributed by atoms with van der Waals surface area (Å²) < 4.78 is 22.0.